The second-order valence-electron chi connectivity index (χ2n) is 4.62. The van der Waals surface area contributed by atoms with E-state index >= 15 is 0 Å². The highest BCUT2D eigenvalue weighted by atomic mass is 32.2. The van der Waals surface area contributed by atoms with E-state index in [0.717, 1.165) is 24.7 Å². The van der Waals surface area contributed by atoms with Crippen LogP contribution in [-0.4, -0.2) is 35.1 Å². The van der Waals surface area contributed by atoms with Crippen molar-refractivity contribution in [3.05, 3.63) is 29.8 Å². The van der Waals surface area contributed by atoms with Crippen LogP contribution in [0.1, 0.15) is 18.4 Å². The predicted octanol–water partition coefficient (Wildman–Crippen LogP) is 2.63. The number of hydrogen-bond donors (Lipinski definition) is 2. The van der Waals surface area contributed by atoms with Gasteiger partial charge in [0.1, 0.15) is 5.75 Å². The summed E-state index contributed by atoms with van der Waals surface area (Å²) < 4.78 is 5.23. The fraction of sp³-hybridized carbons (Fsp3) is 0.333. The number of amides is 1. The molecular weight excluding hydrogens is 290 g/mol. The number of carbonyl (C=O) groups is 2. The van der Waals surface area contributed by atoms with E-state index in [2.05, 4.69) is 5.32 Å². The first-order valence-corrected chi connectivity index (χ1v) is 7.66. The van der Waals surface area contributed by atoms with Gasteiger partial charge in [0.15, 0.2) is 0 Å². The molecule has 1 fully saturated rings. The Morgan fingerprint density at radius 3 is 2.90 bits per heavy atom. The maximum atomic E-state index is 12.2. The minimum Gasteiger partial charge on any atom is -0.495 e. The van der Waals surface area contributed by atoms with Gasteiger partial charge in [-0.15, -0.1) is 11.8 Å². The molecule has 112 valence electrons. The molecule has 1 saturated heterocycles. The number of carboxylic acids is 1. The monoisotopic (exact) mass is 307 g/mol. The van der Waals surface area contributed by atoms with E-state index in [4.69, 9.17) is 9.84 Å². The SMILES string of the molecule is COc1ccc(C=CC(=O)O)cc1NC(=O)C1CCCS1. The Morgan fingerprint density at radius 1 is 1.48 bits per heavy atom. The topological polar surface area (TPSA) is 75.6 Å². The van der Waals surface area contributed by atoms with Crippen LogP contribution in [0.15, 0.2) is 24.3 Å². The van der Waals surface area contributed by atoms with Crippen molar-refractivity contribution < 1.29 is 19.4 Å². The van der Waals surface area contributed by atoms with Crippen LogP contribution >= 0.6 is 11.8 Å². The zero-order chi connectivity index (χ0) is 15.2. The molecule has 1 aromatic rings. The van der Waals surface area contributed by atoms with Gasteiger partial charge in [-0.2, -0.15) is 0 Å². The van der Waals surface area contributed by atoms with Crippen LogP contribution in [0, 0.1) is 0 Å². The number of benzene rings is 1. The van der Waals surface area contributed by atoms with Crippen molar-refractivity contribution in [3.8, 4) is 5.75 Å². The fourth-order valence-corrected chi connectivity index (χ4v) is 3.25. The molecule has 1 aliphatic rings. The maximum absolute atomic E-state index is 12.2. The quantitative estimate of drug-likeness (QED) is 0.818. The zero-order valence-electron chi connectivity index (χ0n) is 11.7. The van der Waals surface area contributed by atoms with Crippen molar-refractivity contribution in [2.75, 3.05) is 18.2 Å². The molecule has 5 nitrogen and oxygen atoms in total. The fourth-order valence-electron chi connectivity index (χ4n) is 2.09. The van der Waals surface area contributed by atoms with Crippen molar-refractivity contribution in [1.29, 1.82) is 0 Å². The highest BCUT2D eigenvalue weighted by Crippen LogP contribution is 2.30. The van der Waals surface area contributed by atoms with Crippen LogP contribution in [0.4, 0.5) is 5.69 Å². The Morgan fingerprint density at radius 2 is 2.29 bits per heavy atom. The van der Waals surface area contributed by atoms with Gasteiger partial charge in [0, 0.05) is 6.08 Å². The average molecular weight is 307 g/mol. The molecule has 0 radical (unpaired) electrons. The van der Waals surface area contributed by atoms with E-state index in [1.807, 2.05) is 0 Å². The maximum Gasteiger partial charge on any atom is 0.328 e. The first-order chi connectivity index (χ1) is 10.1. The third kappa shape index (κ3) is 4.26. The first-order valence-electron chi connectivity index (χ1n) is 6.61. The lowest BCUT2D eigenvalue weighted by molar-refractivity contribution is -0.131. The molecule has 1 aromatic carbocycles. The summed E-state index contributed by atoms with van der Waals surface area (Å²) in [6, 6.07) is 5.15. The second kappa shape index (κ2) is 7.17. The van der Waals surface area contributed by atoms with Crippen LogP contribution in [0.2, 0.25) is 0 Å². The zero-order valence-corrected chi connectivity index (χ0v) is 12.5. The van der Waals surface area contributed by atoms with Crippen molar-refractivity contribution in [3.63, 3.8) is 0 Å². The standard InChI is InChI=1S/C15H17NO4S/c1-20-12-6-4-10(5-7-14(17)18)9-11(12)16-15(19)13-3-2-8-21-13/h4-7,9,13H,2-3,8H2,1H3,(H,16,19)(H,17,18). The Hall–Kier alpha value is -1.95. The highest BCUT2D eigenvalue weighted by Gasteiger charge is 2.24. The molecule has 0 aromatic heterocycles. The summed E-state index contributed by atoms with van der Waals surface area (Å²) in [6.45, 7) is 0. The number of carbonyl (C=O) groups excluding carboxylic acids is 1. The van der Waals surface area contributed by atoms with E-state index in [-0.39, 0.29) is 11.2 Å². The Balaban J connectivity index is 2.17. The molecule has 21 heavy (non-hydrogen) atoms. The molecule has 0 bridgehead atoms. The molecule has 0 saturated carbocycles. The predicted molar refractivity (Wildman–Crippen MR) is 83.8 cm³/mol. The third-order valence-electron chi connectivity index (χ3n) is 3.12. The number of aliphatic carboxylic acids is 1. The number of thioether (sulfide) groups is 1. The minimum absolute atomic E-state index is 0.0204. The smallest absolute Gasteiger partial charge is 0.328 e. The third-order valence-corrected chi connectivity index (χ3v) is 4.50. The van der Waals surface area contributed by atoms with Gasteiger partial charge in [0.25, 0.3) is 0 Å². The summed E-state index contributed by atoms with van der Waals surface area (Å²) >= 11 is 1.66. The number of nitrogens with one attached hydrogen (secondary N) is 1. The molecule has 0 aliphatic carbocycles. The van der Waals surface area contributed by atoms with E-state index < -0.39 is 5.97 Å². The number of rotatable bonds is 5. The van der Waals surface area contributed by atoms with Gasteiger partial charge in [0.2, 0.25) is 5.91 Å². The number of ether oxygens (including phenoxy) is 1. The largest absolute Gasteiger partial charge is 0.495 e. The van der Waals surface area contributed by atoms with Gasteiger partial charge in [-0.25, -0.2) is 4.79 Å². The molecule has 0 spiro atoms. The first kappa shape index (κ1) is 15.4. The van der Waals surface area contributed by atoms with Gasteiger partial charge >= 0.3 is 5.97 Å². The molecule has 1 heterocycles. The number of hydrogen-bond acceptors (Lipinski definition) is 4. The molecule has 6 heteroatoms. The summed E-state index contributed by atoms with van der Waals surface area (Å²) in [5, 5.41) is 11.5. The lowest BCUT2D eigenvalue weighted by Crippen LogP contribution is -2.23. The Labute approximate surface area is 127 Å². The molecule has 1 amide bonds. The van der Waals surface area contributed by atoms with Crippen LogP contribution in [-0.2, 0) is 9.59 Å². The van der Waals surface area contributed by atoms with Gasteiger partial charge < -0.3 is 15.2 Å². The summed E-state index contributed by atoms with van der Waals surface area (Å²) in [4.78, 5) is 22.7. The average Bonchev–Trinajstić information content (AvgIpc) is 2.99. The van der Waals surface area contributed by atoms with Gasteiger partial charge in [0.05, 0.1) is 18.0 Å². The molecule has 2 N–H and O–H groups in total. The Kier molecular flexibility index (Phi) is 5.27. The van der Waals surface area contributed by atoms with Crippen LogP contribution in [0.25, 0.3) is 6.08 Å². The van der Waals surface area contributed by atoms with Gasteiger partial charge in [-0.3, -0.25) is 4.79 Å². The number of carboxylic acid groups (broad SMARTS) is 1. The molecular formula is C15H17NO4S. The van der Waals surface area contributed by atoms with Crippen LogP contribution in [0.3, 0.4) is 0 Å². The molecule has 1 atom stereocenters. The van der Waals surface area contributed by atoms with Crippen molar-refractivity contribution in [2.24, 2.45) is 0 Å². The molecule has 1 unspecified atom stereocenters. The summed E-state index contributed by atoms with van der Waals surface area (Å²) in [6.07, 6.45) is 4.47. The Bertz CT molecular complexity index is 565. The van der Waals surface area contributed by atoms with Crippen LogP contribution in [0.5, 0.6) is 5.75 Å². The van der Waals surface area contributed by atoms with E-state index in [9.17, 15) is 9.59 Å². The lowest BCUT2D eigenvalue weighted by atomic mass is 10.1. The minimum atomic E-state index is -1.02. The van der Waals surface area contributed by atoms with E-state index in [1.54, 1.807) is 30.0 Å². The summed E-state index contributed by atoms with van der Waals surface area (Å²) in [5.41, 5.74) is 1.25. The van der Waals surface area contributed by atoms with E-state index in [0.29, 0.717) is 17.0 Å². The van der Waals surface area contributed by atoms with Crippen molar-refractivity contribution in [1.82, 2.24) is 0 Å². The lowest BCUT2D eigenvalue weighted by Gasteiger charge is -2.13. The van der Waals surface area contributed by atoms with Crippen molar-refractivity contribution >= 4 is 35.4 Å². The van der Waals surface area contributed by atoms with Crippen LogP contribution < -0.4 is 10.1 Å². The molecule has 1 aliphatic heterocycles. The summed E-state index contributed by atoms with van der Waals surface area (Å²) in [5.74, 6) is 0.518. The van der Waals surface area contributed by atoms with E-state index in [1.165, 1.54) is 13.2 Å². The van der Waals surface area contributed by atoms with Gasteiger partial charge in [-0.05, 0) is 42.4 Å². The van der Waals surface area contributed by atoms with Gasteiger partial charge in [-0.1, -0.05) is 6.07 Å². The normalized spacial score (nSPS) is 17.9. The number of anilines is 1. The molecule has 2 rings (SSSR count). The number of methoxy groups -OCH3 is 1. The highest BCUT2D eigenvalue weighted by molar-refractivity contribution is 8.00. The summed E-state index contributed by atoms with van der Waals surface area (Å²) in [7, 11) is 1.53. The van der Waals surface area contributed by atoms with Crippen molar-refractivity contribution in [2.45, 2.75) is 18.1 Å². The second-order valence-corrected chi connectivity index (χ2v) is 5.93.